The Balaban J connectivity index is 2.34. The molecule has 6 nitrogen and oxygen atoms in total. The largest absolute Gasteiger partial charge is 0.457 e. The second kappa shape index (κ2) is 5.54. The Bertz CT molecular complexity index is 661. The topological polar surface area (TPSA) is 90.4 Å². The van der Waals surface area contributed by atoms with Crippen LogP contribution in [-0.4, -0.2) is 4.92 Å². The van der Waals surface area contributed by atoms with E-state index in [0.29, 0.717) is 11.3 Å². The van der Waals surface area contributed by atoms with E-state index in [4.69, 9.17) is 10.6 Å². The van der Waals surface area contributed by atoms with Gasteiger partial charge in [-0.05, 0) is 18.6 Å². The standard InChI is InChI=1S/C13H12FN3O3/c1-8-2-3-11(7-13(8)14)20-12-5-9(16-15)4-10(6-12)17(18)19/h2-7,16H,15H2,1H3. The van der Waals surface area contributed by atoms with Gasteiger partial charge in [-0.3, -0.25) is 16.0 Å². The SMILES string of the molecule is Cc1ccc(Oc2cc(NN)cc([N+](=O)[O-])c2)cc1F. The van der Waals surface area contributed by atoms with Gasteiger partial charge in [0.2, 0.25) is 0 Å². The van der Waals surface area contributed by atoms with Crippen LogP contribution in [0.25, 0.3) is 0 Å². The van der Waals surface area contributed by atoms with Crippen molar-refractivity contribution in [2.75, 3.05) is 5.43 Å². The number of nitro groups is 1. The fraction of sp³-hybridized carbons (Fsp3) is 0.0769. The summed E-state index contributed by atoms with van der Waals surface area (Å²) in [5.74, 6) is 5.26. The summed E-state index contributed by atoms with van der Waals surface area (Å²) in [6, 6.07) is 8.33. The number of nitrogens with one attached hydrogen (secondary N) is 1. The summed E-state index contributed by atoms with van der Waals surface area (Å²) in [6.07, 6.45) is 0. The van der Waals surface area contributed by atoms with Crippen molar-refractivity contribution in [3.8, 4) is 11.5 Å². The van der Waals surface area contributed by atoms with Gasteiger partial charge in [-0.2, -0.15) is 0 Å². The molecule has 3 N–H and O–H groups in total. The number of hydrogen-bond acceptors (Lipinski definition) is 5. The molecule has 0 spiro atoms. The molecule has 0 aromatic heterocycles. The number of anilines is 1. The van der Waals surface area contributed by atoms with Crippen LogP contribution < -0.4 is 16.0 Å². The normalized spacial score (nSPS) is 10.2. The quantitative estimate of drug-likeness (QED) is 0.509. The van der Waals surface area contributed by atoms with E-state index in [0.717, 1.165) is 0 Å². The number of nitrogens with zero attached hydrogens (tertiary/aromatic N) is 1. The van der Waals surface area contributed by atoms with E-state index in [1.165, 1.54) is 24.3 Å². The Hall–Kier alpha value is -2.67. The van der Waals surface area contributed by atoms with Gasteiger partial charge in [0.05, 0.1) is 16.7 Å². The fourth-order valence-electron chi connectivity index (χ4n) is 1.60. The van der Waals surface area contributed by atoms with Crippen LogP contribution >= 0.6 is 0 Å². The Morgan fingerprint density at radius 3 is 2.60 bits per heavy atom. The molecule has 0 bridgehead atoms. The molecule has 20 heavy (non-hydrogen) atoms. The lowest BCUT2D eigenvalue weighted by atomic mass is 10.2. The third-order valence-electron chi connectivity index (χ3n) is 2.65. The fourth-order valence-corrected chi connectivity index (χ4v) is 1.60. The zero-order valence-corrected chi connectivity index (χ0v) is 10.6. The highest BCUT2D eigenvalue weighted by Crippen LogP contribution is 2.29. The van der Waals surface area contributed by atoms with Gasteiger partial charge >= 0.3 is 0 Å². The van der Waals surface area contributed by atoms with E-state index in [1.54, 1.807) is 19.1 Å². The summed E-state index contributed by atoms with van der Waals surface area (Å²) in [5.41, 5.74) is 2.94. The Morgan fingerprint density at radius 2 is 2.00 bits per heavy atom. The maximum Gasteiger partial charge on any atom is 0.275 e. The summed E-state index contributed by atoms with van der Waals surface area (Å²) in [6.45, 7) is 1.63. The van der Waals surface area contributed by atoms with E-state index >= 15 is 0 Å². The number of halogens is 1. The molecule has 0 amide bonds. The van der Waals surface area contributed by atoms with E-state index in [1.807, 2.05) is 0 Å². The zero-order valence-electron chi connectivity index (χ0n) is 10.6. The predicted octanol–water partition coefficient (Wildman–Crippen LogP) is 3.12. The highest BCUT2D eigenvalue weighted by atomic mass is 19.1. The lowest BCUT2D eigenvalue weighted by Crippen LogP contribution is -2.07. The molecule has 0 fully saturated rings. The van der Waals surface area contributed by atoms with Gasteiger partial charge in [-0.25, -0.2) is 4.39 Å². The highest BCUT2D eigenvalue weighted by molar-refractivity contribution is 5.56. The van der Waals surface area contributed by atoms with Crippen LogP contribution in [0.15, 0.2) is 36.4 Å². The average molecular weight is 277 g/mol. The molecule has 0 aliphatic heterocycles. The van der Waals surface area contributed by atoms with E-state index in [9.17, 15) is 14.5 Å². The van der Waals surface area contributed by atoms with Crippen molar-refractivity contribution in [1.29, 1.82) is 0 Å². The van der Waals surface area contributed by atoms with Crippen LogP contribution in [0.5, 0.6) is 11.5 Å². The van der Waals surface area contributed by atoms with Gasteiger partial charge in [-0.1, -0.05) is 6.07 Å². The molecular formula is C13H12FN3O3. The maximum absolute atomic E-state index is 13.4. The number of benzene rings is 2. The molecule has 0 atom stereocenters. The number of ether oxygens (including phenoxy) is 1. The number of nitrogens with two attached hydrogens (primary N) is 1. The van der Waals surface area contributed by atoms with Crippen molar-refractivity contribution in [2.24, 2.45) is 5.84 Å². The Labute approximate surface area is 114 Å². The Kier molecular flexibility index (Phi) is 3.81. The van der Waals surface area contributed by atoms with Crippen LogP contribution in [0.3, 0.4) is 0 Å². The van der Waals surface area contributed by atoms with E-state index in [2.05, 4.69) is 5.43 Å². The first-order valence-electron chi connectivity index (χ1n) is 5.69. The minimum absolute atomic E-state index is 0.178. The monoisotopic (exact) mass is 277 g/mol. The number of rotatable bonds is 4. The first-order chi connectivity index (χ1) is 9.49. The molecular weight excluding hydrogens is 265 g/mol. The van der Waals surface area contributed by atoms with Crippen molar-refractivity contribution in [2.45, 2.75) is 6.92 Å². The van der Waals surface area contributed by atoms with Crippen molar-refractivity contribution in [1.82, 2.24) is 0 Å². The molecule has 0 saturated carbocycles. The van der Waals surface area contributed by atoms with Crippen LogP contribution in [-0.2, 0) is 0 Å². The van der Waals surface area contributed by atoms with E-state index in [-0.39, 0.29) is 17.2 Å². The molecule has 0 aliphatic carbocycles. The number of aryl methyl sites for hydroxylation is 1. The molecule has 0 unspecified atom stereocenters. The molecule has 0 aliphatic rings. The molecule has 0 radical (unpaired) electrons. The number of nitro benzene ring substituents is 1. The third-order valence-corrected chi connectivity index (χ3v) is 2.65. The van der Waals surface area contributed by atoms with Crippen molar-refractivity contribution in [3.63, 3.8) is 0 Å². The van der Waals surface area contributed by atoms with Crippen molar-refractivity contribution < 1.29 is 14.1 Å². The summed E-state index contributed by atoms with van der Waals surface area (Å²) < 4.78 is 18.8. The van der Waals surface area contributed by atoms with Crippen LogP contribution in [0.2, 0.25) is 0 Å². The van der Waals surface area contributed by atoms with E-state index < -0.39 is 10.7 Å². The summed E-state index contributed by atoms with van der Waals surface area (Å²) in [7, 11) is 0. The lowest BCUT2D eigenvalue weighted by molar-refractivity contribution is -0.384. The minimum atomic E-state index is -0.566. The average Bonchev–Trinajstić information content (AvgIpc) is 2.42. The van der Waals surface area contributed by atoms with Crippen LogP contribution in [0.1, 0.15) is 5.56 Å². The summed E-state index contributed by atoms with van der Waals surface area (Å²) >= 11 is 0. The summed E-state index contributed by atoms with van der Waals surface area (Å²) in [4.78, 5) is 10.2. The Morgan fingerprint density at radius 1 is 1.25 bits per heavy atom. The van der Waals surface area contributed by atoms with Gasteiger partial charge in [-0.15, -0.1) is 0 Å². The lowest BCUT2D eigenvalue weighted by Gasteiger charge is -2.08. The van der Waals surface area contributed by atoms with Gasteiger partial charge < -0.3 is 10.2 Å². The van der Waals surface area contributed by atoms with Gasteiger partial charge in [0.15, 0.2) is 0 Å². The van der Waals surface area contributed by atoms with Crippen molar-refractivity contribution in [3.05, 3.63) is 57.9 Å². The first kappa shape index (κ1) is 13.8. The van der Waals surface area contributed by atoms with Crippen LogP contribution in [0.4, 0.5) is 15.8 Å². The minimum Gasteiger partial charge on any atom is -0.457 e. The number of hydrogen-bond donors (Lipinski definition) is 2. The molecule has 2 aromatic rings. The third kappa shape index (κ3) is 3.01. The molecule has 104 valence electrons. The molecule has 0 heterocycles. The van der Waals surface area contributed by atoms with Gasteiger partial charge in [0.1, 0.15) is 17.3 Å². The number of nitrogen functional groups attached to an aromatic ring is 1. The second-order valence-corrected chi connectivity index (χ2v) is 4.13. The molecule has 0 saturated heterocycles. The number of hydrazine groups is 1. The van der Waals surface area contributed by atoms with Crippen molar-refractivity contribution >= 4 is 11.4 Å². The first-order valence-corrected chi connectivity index (χ1v) is 5.69. The van der Waals surface area contributed by atoms with Crippen LogP contribution in [0, 0.1) is 22.9 Å². The molecule has 2 rings (SSSR count). The molecule has 7 heteroatoms. The predicted molar refractivity (Wildman–Crippen MR) is 72.1 cm³/mol. The zero-order chi connectivity index (χ0) is 14.7. The smallest absolute Gasteiger partial charge is 0.275 e. The second-order valence-electron chi connectivity index (χ2n) is 4.13. The van der Waals surface area contributed by atoms with Gasteiger partial charge in [0.25, 0.3) is 5.69 Å². The van der Waals surface area contributed by atoms with Gasteiger partial charge in [0, 0.05) is 18.2 Å². The highest BCUT2D eigenvalue weighted by Gasteiger charge is 2.11. The molecule has 2 aromatic carbocycles. The summed E-state index contributed by atoms with van der Waals surface area (Å²) in [5, 5.41) is 10.8. The number of non-ortho nitro benzene ring substituents is 1. The maximum atomic E-state index is 13.4.